The SMILES string of the molecule is C(/CN1CCCC1)=C(\c1ccccc1)c1ccccn1. The molecule has 2 nitrogen and oxygen atoms in total. The molecule has 0 spiro atoms. The summed E-state index contributed by atoms with van der Waals surface area (Å²) in [6, 6.07) is 16.6. The van der Waals surface area contributed by atoms with Gasteiger partial charge in [-0.15, -0.1) is 0 Å². The third-order valence-corrected chi connectivity index (χ3v) is 3.78. The van der Waals surface area contributed by atoms with E-state index in [9.17, 15) is 0 Å². The number of nitrogens with zero attached hydrogens (tertiary/aromatic N) is 2. The second-order valence-electron chi connectivity index (χ2n) is 5.21. The van der Waals surface area contributed by atoms with E-state index in [1.807, 2.05) is 12.3 Å². The Hall–Kier alpha value is -1.93. The largest absolute Gasteiger partial charge is 0.300 e. The summed E-state index contributed by atoms with van der Waals surface area (Å²) < 4.78 is 0. The van der Waals surface area contributed by atoms with Crippen LogP contribution in [-0.4, -0.2) is 29.5 Å². The number of benzene rings is 1. The van der Waals surface area contributed by atoms with E-state index < -0.39 is 0 Å². The number of pyridine rings is 1. The van der Waals surface area contributed by atoms with Crippen LogP contribution >= 0.6 is 0 Å². The molecule has 0 atom stereocenters. The Labute approximate surface area is 120 Å². The van der Waals surface area contributed by atoms with Crippen LogP contribution in [0.4, 0.5) is 0 Å². The second-order valence-corrected chi connectivity index (χ2v) is 5.21. The van der Waals surface area contributed by atoms with Crippen LogP contribution in [0.15, 0.2) is 60.8 Å². The number of likely N-dealkylation sites (tertiary alicyclic amines) is 1. The molecule has 2 heterocycles. The summed E-state index contributed by atoms with van der Waals surface area (Å²) in [5.74, 6) is 0. The van der Waals surface area contributed by atoms with Crippen molar-refractivity contribution in [1.29, 1.82) is 0 Å². The smallest absolute Gasteiger partial charge is 0.0705 e. The lowest BCUT2D eigenvalue weighted by Crippen LogP contribution is -2.19. The zero-order valence-corrected chi connectivity index (χ0v) is 11.7. The van der Waals surface area contributed by atoms with Crippen molar-refractivity contribution in [2.75, 3.05) is 19.6 Å². The van der Waals surface area contributed by atoms with Crippen molar-refractivity contribution in [2.45, 2.75) is 12.8 Å². The highest BCUT2D eigenvalue weighted by molar-refractivity contribution is 5.77. The van der Waals surface area contributed by atoms with Crippen LogP contribution in [0.5, 0.6) is 0 Å². The Bertz CT molecular complexity index is 513. The van der Waals surface area contributed by atoms with Crippen molar-refractivity contribution in [1.82, 2.24) is 9.88 Å². The Morgan fingerprint density at radius 1 is 1.00 bits per heavy atom. The van der Waals surface area contributed by atoms with Gasteiger partial charge in [0.05, 0.1) is 5.69 Å². The zero-order valence-electron chi connectivity index (χ0n) is 11.7. The molecule has 1 fully saturated rings. The second kappa shape index (κ2) is 6.49. The fourth-order valence-corrected chi connectivity index (χ4v) is 2.70. The quantitative estimate of drug-likeness (QED) is 0.838. The predicted octanol–water partition coefficient (Wildman–Crippen LogP) is 3.61. The molecule has 1 aromatic carbocycles. The van der Waals surface area contributed by atoms with Crippen LogP contribution < -0.4 is 0 Å². The molecule has 0 radical (unpaired) electrons. The van der Waals surface area contributed by atoms with Gasteiger partial charge in [-0.3, -0.25) is 9.88 Å². The van der Waals surface area contributed by atoms with Crippen LogP contribution in [0.3, 0.4) is 0 Å². The number of aromatic nitrogens is 1. The van der Waals surface area contributed by atoms with Gasteiger partial charge in [0.2, 0.25) is 0 Å². The molecule has 2 heteroatoms. The summed E-state index contributed by atoms with van der Waals surface area (Å²) in [4.78, 5) is 7.02. The molecule has 1 aliphatic heterocycles. The highest BCUT2D eigenvalue weighted by atomic mass is 15.1. The molecule has 102 valence electrons. The van der Waals surface area contributed by atoms with Gasteiger partial charge in [0.15, 0.2) is 0 Å². The molecule has 3 rings (SSSR count). The molecule has 0 amide bonds. The first-order chi connectivity index (χ1) is 9.93. The molecule has 0 N–H and O–H groups in total. The fraction of sp³-hybridized carbons (Fsp3) is 0.278. The molecular weight excluding hydrogens is 244 g/mol. The van der Waals surface area contributed by atoms with Gasteiger partial charge in [-0.05, 0) is 43.6 Å². The Morgan fingerprint density at radius 2 is 1.75 bits per heavy atom. The maximum Gasteiger partial charge on any atom is 0.0705 e. The number of hydrogen-bond acceptors (Lipinski definition) is 2. The summed E-state index contributed by atoms with van der Waals surface area (Å²) in [5, 5.41) is 0. The van der Waals surface area contributed by atoms with Gasteiger partial charge in [-0.25, -0.2) is 0 Å². The maximum atomic E-state index is 4.51. The van der Waals surface area contributed by atoms with Gasteiger partial charge >= 0.3 is 0 Å². The van der Waals surface area contributed by atoms with Crippen LogP contribution in [0, 0.1) is 0 Å². The topological polar surface area (TPSA) is 16.1 Å². The van der Waals surface area contributed by atoms with E-state index >= 15 is 0 Å². The van der Waals surface area contributed by atoms with Gasteiger partial charge in [0.25, 0.3) is 0 Å². The van der Waals surface area contributed by atoms with Crippen molar-refractivity contribution in [2.24, 2.45) is 0 Å². The zero-order chi connectivity index (χ0) is 13.6. The summed E-state index contributed by atoms with van der Waals surface area (Å²) in [6.45, 7) is 3.46. The van der Waals surface area contributed by atoms with Crippen LogP contribution in [-0.2, 0) is 0 Å². The van der Waals surface area contributed by atoms with E-state index in [1.54, 1.807) is 0 Å². The van der Waals surface area contributed by atoms with E-state index in [1.165, 1.54) is 37.1 Å². The average molecular weight is 264 g/mol. The molecule has 1 aromatic heterocycles. The summed E-state index contributed by atoms with van der Waals surface area (Å²) in [6.07, 6.45) is 6.85. The highest BCUT2D eigenvalue weighted by Crippen LogP contribution is 2.21. The molecule has 0 aliphatic carbocycles. The summed E-state index contributed by atoms with van der Waals surface area (Å²) in [7, 11) is 0. The lowest BCUT2D eigenvalue weighted by Gasteiger charge is -2.13. The molecule has 0 unspecified atom stereocenters. The minimum atomic E-state index is 1.01. The molecular formula is C18H20N2. The number of hydrogen-bond donors (Lipinski definition) is 0. The molecule has 0 saturated carbocycles. The first kappa shape index (κ1) is 13.1. The summed E-state index contributed by atoms with van der Waals surface area (Å²) in [5.41, 5.74) is 3.53. The first-order valence-electron chi connectivity index (χ1n) is 7.33. The van der Waals surface area contributed by atoms with Crippen molar-refractivity contribution >= 4 is 5.57 Å². The fourth-order valence-electron chi connectivity index (χ4n) is 2.70. The van der Waals surface area contributed by atoms with Crippen molar-refractivity contribution in [3.63, 3.8) is 0 Å². The summed E-state index contributed by atoms with van der Waals surface area (Å²) >= 11 is 0. The monoisotopic (exact) mass is 264 g/mol. The van der Waals surface area contributed by atoms with Gasteiger partial charge in [0.1, 0.15) is 0 Å². The first-order valence-corrected chi connectivity index (χ1v) is 7.33. The molecule has 1 saturated heterocycles. The van der Waals surface area contributed by atoms with E-state index in [4.69, 9.17) is 0 Å². The van der Waals surface area contributed by atoms with Crippen molar-refractivity contribution in [3.05, 3.63) is 72.1 Å². The predicted molar refractivity (Wildman–Crippen MR) is 83.4 cm³/mol. The lowest BCUT2D eigenvalue weighted by atomic mass is 10.0. The average Bonchev–Trinajstić information content (AvgIpc) is 3.03. The van der Waals surface area contributed by atoms with Gasteiger partial charge in [-0.1, -0.05) is 42.5 Å². The third-order valence-electron chi connectivity index (χ3n) is 3.78. The van der Waals surface area contributed by atoms with E-state index in [0.29, 0.717) is 0 Å². The normalized spacial score (nSPS) is 16.5. The minimum absolute atomic E-state index is 1.01. The molecule has 2 aromatic rings. The standard InChI is InChI=1S/C18H20N2/c1-2-8-16(9-3-1)17(18-10-4-5-12-19-18)11-15-20-13-6-7-14-20/h1-5,8-12H,6-7,13-15H2/b17-11-. The van der Waals surface area contributed by atoms with E-state index in [-0.39, 0.29) is 0 Å². The molecule has 0 bridgehead atoms. The highest BCUT2D eigenvalue weighted by Gasteiger charge is 2.11. The lowest BCUT2D eigenvalue weighted by molar-refractivity contribution is 0.377. The third kappa shape index (κ3) is 3.14. The van der Waals surface area contributed by atoms with Crippen LogP contribution in [0.25, 0.3) is 5.57 Å². The van der Waals surface area contributed by atoms with Gasteiger partial charge < -0.3 is 0 Å². The van der Waals surface area contributed by atoms with Crippen molar-refractivity contribution < 1.29 is 0 Å². The Kier molecular flexibility index (Phi) is 4.24. The van der Waals surface area contributed by atoms with Crippen LogP contribution in [0.1, 0.15) is 24.1 Å². The number of rotatable bonds is 4. The van der Waals surface area contributed by atoms with E-state index in [0.717, 1.165) is 12.2 Å². The van der Waals surface area contributed by atoms with Gasteiger partial charge in [-0.2, -0.15) is 0 Å². The van der Waals surface area contributed by atoms with Crippen molar-refractivity contribution in [3.8, 4) is 0 Å². The Balaban J connectivity index is 1.89. The maximum absolute atomic E-state index is 4.51. The Morgan fingerprint density at radius 3 is 2.45 bits per heavy atom. The van der Waals surface area contributed by atoms with E-state index in [2.05, 4.69) is 58.4 Å². The molecule has 1 aliphatic rings. The van der Waals surface area contributed by atoms with Gasteiger partial charge in [0, 0.05) is 18.3 Å². The molecule has 20 heavy (non-hydrogen) atoms. The minimum Gasteiger partial charge on any atom is -0.300 e. The van der Waals surface area contributed by atoms with Crippen LogP contribution in [0.2, 0.25) is 0 Å².